The SMILES string of the molecule is Cc1cccc(Cl)c1NC1Nc2cc(C(=O)O)c3c(c2N1)OCCO3. The summed E-state index contributed by atoms with van der Waals surface area (Å²) in [5.41, 5.74) is 3.16. The molecule has 130 valence electrons. The van der Waals surface area contributed by atoms with Crippen molar-refractivity contribution in [3.05, 3.63) is 40.4 Å². The Morgan fingerprint density at radius 3 is 2.76 bits per heavy atom. The summed E-state index contributed by atoms with van der Waals surface area (Å²) in [6.07, 6.45) is -0.368. The van der Waals surface area contributed by atoms with Crippen molar-refractivity contribution < 1.29 is 19.4 Å². The van der Waals surface area contributed by atoms with Gasteiger partial charge in [-0.1, -0.05) is 23.7 Å². The normalized spacial score (nSPS) is 17.3. The number of benzene rings is 2. The van der Waals surface area contributed by atoms with E-state index in [1.807, 2.05) is 19.1 Å². The second-order valence-electron chi connectivity index (χ2n) is 5.80. The number of para-hydroxylation sites is 1. The molecule has 0 fully saturated rings. The Kier molecular flexibility index (Phi) is 3.73. The molecule has 0 saturated heterocycles. The van der Waals surface area contributed by atoms with Crippen molar-refractivity contribution in [3.63, 3.8) is 0 Å². The van der Waals surface area contributed by atoms with Crippen LogP contribution in [0.2, 0.25) is 5.02 Å². The lowest BCUT2D eigenvalue weighted by Gasteiger charge is -2.22. The molecule has 4 N–H and O–H groups in total. The van der Waals surface area contributed by atoms with Crippen LogP contribution >= 0.6 is 11.6 Å². The molecule has 0 bridgehead atoms. The van der Waals surface area contributed by atoms with Gasteiger partial charge in [-0.15, -0.1) is 0 Å². The highest BCUT2D eigenvalue weighted by molar-refractivity contribution is 6.33. The number of aromatic carboxylic acids is 1. The van der Waals surface area contributed by atoms with Gasteiger partial charge in [-0.25, -0.2) is 4.79 Å². The van der Waals surface area contributed by atoms with E-state index in [1.54, 1.807) is 12.1 Å². The van der Waals surface area contributed by atoms with Gasteiger partial charge in [-0.3, -0.25) is 0 Å². The topological polar surface area (TPSA) is 91.9 Å². The number of aryl methyl sites for hydroxylation is 1. The van der Waals surface area contributed by atoms with Gasteiger partial charge in [0.05, 0.1) is 16.4 Å². The van der Waals surface area contributed by atoms with Crippen molar-refractivity contribution in [3.8, 4) is 11.5 Å². The fraction of sp³-hybridized carbons (Fsp3) is 0.235. The number of anilines is 3. The van der Waals surface area contributed by atoms with Crippen molar-refractivity contribution in [1.82, 2.24) is 0 Å². The number of carboxylic acid groups (broad SMARTS) is 1. The van der Waals surface area contributed by atoms with Crippen molar-refractivity contribution in [2.45, 2.75) is 13.2 Å². The van der Waals surface area contributed by atoms with Crippen LogP contribution in [0.1, 0.15) is 15.9 Å². The van der Waals surface area contributed by atoms with E-state index in [4.69, 9.17) is 21.1 Å². The van der Waals surface area contributed by atoms with Crippen LogP contribution in [0.15, 0.2) is 24.3 Å². The van der Waals surface area contributed by atoms with E-state index in [-0.39, 0.29) is 17.6 Å². The first-order valence-corrected chi connectivity index (χ1v) is 8.17. The lowest BCUT2D eigenvalue weighted by atomic mass is 10.1. The molecule has 4 rings (SSSR count). The summed E-state index contributed by atoms with van der Waals surface area (Å²) in [5, 5.41) is 19.8. The maximum atomic E-state index is 11.5. The van der Waals surface area contributed by atoms with Crippen molar-refractivity contribution >= 4 is 34.6 Å². The molecular formula is C17H16ClN3O4. The average molecular weight is 362 g/mol. The highest BCUT2D eigenvalue weighted by Gasteiger charge is 2.32. The van der Waals surface area contributed by atoms with Gasteiger partial charge in [0.1, 0.15) is 24.5 Å². The lowest BCUT2D eigenvalue weighted by molar-refractivity contribution is 0.0686. The number of carbonyl (C=O) groups is 1. The zero-order valence-electron chi connectivity index (χ0n) is 13.4. The monoisotopic (exact) mass is 361 g/mol. The Morgan fingerprint density at radius 2 is 2.04 bits per heavy atom. The molecule has 2 aliphatic rings. The fourth-order valence-corrected chi connectivity index (χ4v) is 3.27. The Labute approximate surface area is 148 Å². The average Bonchev–Trinajstić information content (AvgIpc) is 3.00. The van der Waals surface area contributed by atoms with E-state index in [0.29, 0.717) is 35.4 Å². The van der Waals surface area contributed by atoms with E-state index in [9.17, 15) is 9.90 Å². The summed E-state index contributed by atoms with van der Waals surface area (Å²) in [6.45, 7) is 2.64. The summed E-state index contributed by atoms with van der Waals surface area (Å²) in [6, 6.07) is 7.19. The van der Waals surface area contributed by atoms with Crippen molar-refractivity contribution in [1.29, 1.82) is 0 Å². The Morgan fingerprint density at radius 1 is 1.28 bits per heavy atom. The number of carboxylic acids is 1. The number of halogens is 1. The summed E-state index contributed by atoms with van der Waals surface area (Å²) in [4.78, 5) is 11.5. The van der Waals surface area contributed by atoms with E-state index >= 15 is 0 Å². The van der Waals surface area contributed by atoms with Gasteiger partial charge in [0.25, 0.3) is 0 Å². The largest absolute Gasteiger partial charge is 0.485 e. The number of ether oxygens (including phenoxy) is 2. The van der Waals surface area contributed by atoms with Crippen LogP contribution in [-0.4, -0.2) is 30.6 Å². The predicted octanol–water partition coefficient (Wildman–Crippen LogP) is 3.35. The molecule has 1 unspecified atom stereocenters. The first-order chi connectivity index (χ1) is 12.0. The van der Waals surface area contributed by atoms with Gasteiger partial charge < -0.3 is 30.5 Å². The van der Waals surface area contributed by atoms with Gasteiger partial charge in [0.2, 0.25) is 0 Å². The molecule has 0 saturated carbocycles. The summed E-state index contributed by atoms with van der Waals surface area (Å²) >= 11 is 6.26. The van der Waals surface area contributed by atoms with Gasteiger partial charge in [-0.2, -0.15) is 0 Å². The molecule has 0 radical (unpaired) electrons. The number of hydrogen-bond acceptors (Lipinski definition) is 6. The molecule has 0 spiro atoms. The van der Waals surface area contributed by atoms with E-state index < -0.39 is 5.97 Å². The molecule has 7 nitrogen and oxygen atoms in total. The van der Waals surface area contributed by atoms with Crippen LogP contribution in [0.4, 0.5) is 17.1 Å². The third kappa shape index (κ3) is 2.66. The minimum absolute atomic E-state index is 0.0670. The molecule has 0 amide bonds. The standard InChI is InChI=1S/C17H16ClN3O4/c1-8-3-2-4-10(18)12(8)20-17-19-11-7-9(16(22)23)14-15(13(11)21-17)25-6-5-24-14/h2-4,7,17,19-21H,5-6H2,1H3,(H,22,23). The molecule has 0 aromatic heterocycles. The summed E-state index contributed by atoms with van der Waals surface area (Å²) < 4.78 is 11.2. The molecule has 2 aromatic carbocycles. The molecule has 8 heteroatoms. The maximum absolute atomic E-state index is 11.5. The molecule has 0 aliphatic carbocycles. The quantitative estimate of drug-likeness (QED) is 0.666. The van der Waals surface area contributed by atoms with E-state index in [1.165, 1.54) is 0 Å². The van der Waals surface area contributed by atoms with Crippen molar-refractivity contribution in [2.24, 2.45) is 0 Å². The first kappa shape index (κ1) is 15.7. The molecule has 2 aliphatic heterocycles. The van der Waals surface area contributed by atoms with Crippen LogP contribution in [0.5, 0.6) is 11.5 Å². The zero-order chi connectivity index (χ0) is 17.6. The predicted molar refractivity (Wildman–Crippen MR) is 95.2 cm³/mol. The minimum Gasteiger partial charge on any atom is -0.485 e. The Hall–Kier alpha value is -2.80. The van der Waals surface area contributed by atoms with Crippen LogP contribution < -0.4 is 25.4 Å². The third-order valence-corrected chi connectivity index (χ3v) is 4.46. The first-order valence-electron chi connectivity index (χ1n) is 7.79. The zero-order valence-corrected chi connectivity index (χ0v) is 14.1. The van der Waals surface area contributed by atoms with Crippen LogP contribution in [0.3, 0.4) is 0 Å². The number of rotatable bonds is 3. The van der Waals surface area contributed by atoms with Crippen LogP contribution in [0.25, 0.3) is 0 Å². The van der Waals surface area contributed by atoms with Gasteiger partial charge in [-0.05, 0) is 24.6 Å². The summed E-state index contributed by atoms with van der Waals surface area (Å²) in [5.74, 6) is -0.403. The van der Waals surface area contributed by atoms with Crippen LogP contribution in [0, 0.1) is 6.92 Å². The number of nitrogens with one attached hydrogen (secondary N) is 3. The molecule has 25 heavy (non-hydrogen) atoms. The number of hydrogen-bond donors (Lipinski definition) is 4. The van der Waals surface area contributed by atoms with Gasteiger partial charge in [0, 0.05) is 0 Å². The Balaban J connectivity index is 1.68. The molecule has 2 aromatic rings. The minimum atomic E-state index is -1.07. The van der Waals surface area contributed by atoms with Crippen LogP contribution in [-0.2, 0) is 0 Å². The van der Waals surface area contributed by atoms with Crippen molar-refractivity contribution in [2.75, 3.05) is 29.2 Å². The maximum Gasteiger partial charge on any atom is 0.339 e. The highest BCUT2D eigenvalue weighted by atomic mass is 35.5. The van der Waals surface area contributed by atoms with Gasteiger partial charge in [0.15, 0.2) is 17.8 Å². The van der Waals surface area contributed by atoms with E-state index in [2.05, 4.69) is 16.0 Å². The fourth-order valence-electron chi connectivity index (χ4n) is 2.99. The van der Waals surface area contributed by atoms with E-state index in [0.717, 1.165) is 11.3 Å². The second-order valence-corrected chi connectivity index (χ2v) is 6.21. The number of fused-ring (bicyclic) bond motifs is 3. The highest BCUT2D eigenvalue weighted by Crippen LogP contribution is 2.48. The Bertz CT molecular complexity index is 851. The smallest absolute Gasteiger partial charge is 0.339 e. The molecule has 1 atom stereocenters. The third-order valence-electron chi connectivity index (χ3n) is 4.14. The lowest BCUT2D eigenvalue weighted by Crippen LogP contribution is -2.31. The summed E-state index contributed by atoms with van der Waals surface area (Å²) in [7, 11) is 0. The molecule has 2 heterocycles. The molecular weight excluding hydrogens is 346 g/mol. The van der Waals surface area contributed by atoms with Gasteiger partial charge >= 0.3 is 5.97 Å². The second kappa shape index (κ2) is 5.93.